The predicted octanol–water partition coefficient (Wildman–Crippen LogP) is 0.749. The maximum Gasteiger partial charge on any atom is 0.331 e. The van der Waals surface area contributed by atoms with E-state index >= 15 is 0 Å². The van der Waals surface area contributed by atoms with Gasteiger partial charge < -0.3 is 9.59 Å². The van der Waals surface area contributed by atoms with Gasteiger partial charge in [0.1, 0.15) is 11.4 Å². The molecule has 0 amide bonds. The highest BCUT2D eigenvalue weighted by atomic mass is 19.1. The average molecular weight is 363 g/mol. The molecule has 140 valence electrons. The van der Waals surface area contributed by atoms with E-state index in [0.29, 0.717) is 13.0 Å². The third-order valence-electron chi connectivity index (χ3n) is 3.86. The van der Waals surface area contributed by atoms with Crippen LogP contribution in [0.15, 0.2) is 38.8 Å². The number of nitrogens with zero attached hydrogens (tertiary/aromatic N) is 3. The molecule has 0 saturated carbocycles. The molecule has 1 heterocycles. The lowest BCUT2D eigenvalue weighted by Crippen LogP contribution is -2.36. The Labute approximate surface area is 150 Å². The van der Waals surface area contributed by atoms with Crippen LogP contribution in [0.2, 0.25) is 0 Å². The molecular formula is C18H24FN4O3+. The van der Waals surface area contributed by atoms with Crippen LogP contribution in [-0.2, 0) is 13.0 Å². The van der Waals surface area contributed by atoms with Crippen molar-refractivity contribution < 1.29 is 14.0 Å². The Bertz CT molecular complexity index is 893. The van der Waals surface area contributed by atoms with E-state index in [1.54, 1.807) is 12.1 Å². The summed E-state index contributed by atoms with van der Waals surface area (Å²) in [5.74, 6) is -0.764. The first kappa shape index (κ1) is 19.6. The number of halogens is 1. The van der Waals surface area contributed by atoms with Crippen LogP contribution in [0.4, 0.5) is 4.39 Å². The van der Waals surface area contributed by atoms with E-state index in [1.807, 2.05) is 21.1 Å². The van der Waals surface area contributed by atoms with Crippen LogP contribution in [0.5, 0.6) is 5.88 Å². The van der Waals surface area contributed by atoms with Crippen LogP contribution in [0, 0.1) is 5.82 Å². The number of aryl methyl sites for hydroxylation is 1. The van der Waals surface area contributed by atoms with Gasteiger partial charge in [-0.25, -0.2) is 9.18 Å². The van der Waals surface area contributed by atoms with Crippen LogP contribution < -0.4 is 11.2 Å². The third-order valence-corrected chi connectivity index (χ3v) is 3.86. The van der Waals surface area contributed by atoms with Crippen molar-refractivity contribution in [1.29, 1.82) is 0 Å². The van der Waals surface area contributed by atoms with E-state index in [1.165, 1.54) is 18.3 Å². The fraction of sp³-hybridized carbons (Fsp3) is 0.389. The van der Waals surface area contributed by atoms with Gasteiger partial charge in [-0.15, -0.1) is 0 Å². The molecule has 0 aliphatic heterocycles. The highest BCUT2D eigenvalue weighted by Gasteiger charge is 2.13. The number of hydrogen-bond donors (Lipinski definition) is 2. The summed E-state index contributed by atoms with van der Waals surface area (Å²) < 4.78 is 14.7. The number of aromatic nitrogens is 2. The first-order chi connectivity index (χ1) is 12.2. The number of aromatic hydroxyl groups is 1. The molecule has 2 aromatic rings. The zero-order valence-electron chi connectivity index (χ0n) is 15.2. The molecule has 0 radical (unpaired) electrons. The van der Waals surface area contributed by atoms with Crippen molar-refractivity contribution in [2.45, 2.75) is 13.0 Å². The van der Waals surface area contributed by atoms with Crippen molar-refractivity contribution in [3.8, 4) is 5.88 Å². The SMILES string of the molecule is C[N+](C)(C)CCN=Cc1c(O)n(CCc2ccc(F)cc2)c(=O)[nH]c1=O. The van der Waals surface area contributed by atoms with E-state index in [9.17, 15) is 19.1 Å². The Morgan fingerprint density at radius 2 is 1.88 bits per heavy atom. The van der Waals surface area contributed by atoms with E-state index < -0.39 is 17.1 Å². The topological polar surface area (TPSA) is 87.4 Å². The number of aliphatic imine (C=N–C) groups is 1. The molecule has 26 heavy (non-hydrogen) atoms. The maximum atomic E-state index is 12.9. The minimum atomic E-state index is -0.696. The molecule has 0 aliphatic rings. The summed E-state index contributed by atoms with van der Waals surface area (Å²) >= 11 is 0. The lowest BCUT2D eigenvalue weighted by Gasteiger charge is -2.22. The van der Waals surface area contributed by atoms with Gasteiger partial charge >= 0.3 is 5.69 Å². The molecule has 7 nitrogen and oxygen atoms in total. The third kappa shape index (κ3) is 5.38. The van der Waals surface area contributed by atoms with Gasteiger partial charge in [0.15, 0.2) is 0 Å². The van der Waals surface area contributed by atoms with E-state index in [-0.39, 0.29) is 17.9 Å². The zero-order chi connectivity index (χ0) is 19.3. The van der Waals surface area contributed by atoms with Gasteiger partial charge in [-0.1, -0.05) is 12.1 Å². The monoisotopic (exact) mass is 363 g/mol. The van der Waals surface area contributed by atoms with E-state index in [2.05, 4.69) is 9.98 Å². The van der Waals surface area contributed by atoms with Crippen molar-refractivity contribution >= 4 is 6.21 Å². The van der Waals surface area contributed by atoms with Gasteiger partial charge in [0.05, 0.1) is 34.2 Å². The molecular weight excluding hydrogens is 339 g/mol. The number of nitrogens with one attached hydrogen (secondary N) is 1. The highest BCUT2D eigenvalue weighted by Crippen LogP contribution is 2.10. The lowest BCUT2D eigenvalue weighted by atomic mass is 10.1. The van der Waals surface area contributed by atoms with Crippen molar-refractivity contribution in [2.24, 2.45) is 4.99 Å². The number of H-pyrrole nitrogens is 1. The summed E-state index contributed by atoms with van der Waals surface area (Å²) in [6, 6.07) is 5.87. The number of aromatic amines is 1. The second-order valence-electron chi connectivity index (χ2n) is 7.07. The molecule has 1 aromatic carbocycles. The molecule has 0 bridgehead atoms. The number of quaternary nitrogens is 1. The first-order valence-corrected chi connectivity index (χ1v) is 8.28. The maximum absolute atomic E-state index is 12.9. The summed E-state index contributed by atoms with van der Waals surface area (Å²) in [6.07, 6.45) is 1.69. The molecule has 0 spiro atoms. The van der Waals surface area contributed by atoms with Crippen molar-refractivity contribution in [2.75, 3.05) is 34.2 Å². The first-order valence-electron chi connectivity index (χ1n) is 8.28. The fourth-order valence-electron chi connectivity index (χ4n) is 2.30. The number of likely N-dealkylation sites (N-methyl/N-ethyl adjacent to an activating group) is 1. The Morgan fingerprint density at radius 1 is 1.23 bits per heavy atom. The minimum absolute atomic E-state index is 0.0508. The predicted molar refractivity (Wildman–Crippen MR) is 98.5 cm³/mol. The fourth-order valence-corrected chi connectivity index (χ4v) is 2.30. The van der Waals surface area contributed by atoms with Crippen LogP contribution in [0.25, 0.3) is 0 Å². The second-order valence-corrected chi connectivity index (χ2v) is 7.07. The summed E-state index contributed by atoms with van der Waals surface area (Å²) in [6.45, 7) is 1.39. The Hall–Kier alpha value is -2.74. The quantitative estimate of drug-likeness (QED) is 0.562. The van der Waals surface area contributed by atoms with Crippen LogP contribution in [0.1, 0.15) is 11.1 Å². The second kappa shape index (κ2) is 8.09. The molecule has 1 aromatic heterocycles. The van der Waals surface area contributed by atoms with Crippen LogP contribution >= 0.6 is 0 Å². The summed E-state index contributed by atoms with van der Waals surface area (Å²) in [7, 11) is 6.07. The van der Waals surface area contributed by atoms with E-state index in [4.69, 9.17) is 0 Å². The Kier molecular flexibility index (Phi) is 6.10. The standard InChI is InChI=1S/C18H23FN4O3/c1-23(2,3)11-9-20-12-15-16(24)21-18(26)22(17(15)25)10-8-13-4-6-14(19)7-5-13/h4-7,12H,8-11H2,1-3H3,(H-,20,21,24,25,26)/p+1. The Balaban J connectivity index is 2.19. The number of hydrogen-bond acceptors (Lipinski definition) is 4. The van der Waals surface area contributed by atoms with Crippen molar-refractivity contribution in [3.63, 3.8) is 0 Å². The highest BCUT2D eigenvalue weighted by molar-refractivity contribution is 5.81. The van der Waals surface area contributed by atoms with Gasteiger partial charge in [0.2, 0.25) is 5.88 Å². The van der Waals surface area contributed by atoms with Gasteiger partial charge in [-0.05, 0) is 24.1 Å². The Morgan fingerprint density at radius 3 is 2.50 bits per heavy atom. The summed E-state index contributed by atoms with van der Waals surface area (Å²) in [5, 5.41) is 10.3. The molecule has 0 aliphatic carbocycles. The van der Waals surface area contributed by atoms with Crippen LogP contribution in [-0.4, -0.2) is 59.6 Å². The van der Waals surface area contributed by atoms with Crippen LogP contribution in [0.3, 0.4) is 0 Å². The number of benzene rings is 1. The average Bonchev–Trinajstić information content (AvgIpc) is 2.54. The molecule has 0 saturated heterocycles. The largest absolute Gasteiger partial charge is 0.494 e. The van der Waals surface area contributed by atoms with Gasteiger partial charge in [0, 0.05) is 12.8 Å². The zero-order valence-corrected chi connectivity index (χ0v) is 15.2. The smallest absolute Gasteiger partial charge is 0.331 e. The normalized spacial score (nSPS) is 12.0. The van der Waals surface area contributed by atoms with Gasteiger partial charge in [0.25, 0.3) is 5.56 Å². The molecule has 2 rings (SSSR count). The molecule has 0 atom stereocenters. The molecule has 2 N–H and O–H groups in total. The van der Waals surface area contributed by atoms with Gasteiger partial charge in [-0.2, -0.15) is 0 Å². The van der Waals surface area contributed by atoms with Crippen molar-refractivity contribution in [1.82, 2.24) is 9.55 Å². The minimum Gasteiger partial charge on any atom is -0.494 e. The summed E-state index contributed by atoms with van der Waals surface area (Å²) in [5.41, 5.74) is -0.621. The number of rotatable bonds is 7. The van der Waals surface area contributed by atoms with Gasteiger partial charge in [-0.3, -0.25) is 19.3 Å². The molecule has 8 heteroatoms. The molecule has 0 fully saturated rings. The lowest BCUT2D eigenvalue weighted by molar-refractivity contribution is -0.868. The molecule has 0 unspecified atom stereocenters. The van der Waals surface area contributed by atoms with E-state index in [0.717, 1.165) is 21.2 Å². The summed E-state index contributed by atoms with van der Waals surface area (Å²) in [4.78, 5) is 30.3. The van der Waals surface area contributed by atoms with Crippen molar-refractivity contribution in [3.05, 3.63) is 62.0 Å².